The molecule has 0 fully saturated rings. The van der Waals surface area contributed by atoms with E-state index in [9.17, 15) is 4.79 Å². The molecule has 0 rings (SSSR count). The van der Waals surface area contributed by atoms with Gasteiger partial charge >= 0.3 is 5.97 Å². The number of ether oxygens (including phenoxy) is 1. The molecule has 0 radical (unpaired) electrons. The lowest BCUT2D eigenvalue weighted by Crippen LogP contribution is -2.18. The zero-order chi connectivity index (χ0) is 15.8. The molecule has 0 unspecified atom stereocenters. The molecule has 0 aromatic carbocycles. The van der Waals surface area contributed by atoms with E-state index in [1.54, 1.807) is 0 Å². The summed E-state index contributed by atoms with van der Waals surface area (Å²) in [6, 6.07) is 0. The van der Waals surface area contributed by atoms with Crippen LogP contribution in [0.5, 0.6) is 0 Å². The summed E-state index contributed by atoms with van der Waals surface area (Å²) in [5.74, 6) is 0.0210. The predicted molar refractivity (Wildman–Crippen MR) is 95.0 cm³/mol. The summed E-state index contributed by atoms with van der Waals surface area (Å²) >= 11 is 3.45. The third-order valence-corrected chi connectivity index (χ3v) is 4.38. The average molecular weight is 363 g/mol. The Bertz CT molecular complexity index is 223. The van der Waals surface area contributed by atoms with E-state index in [-0.39, 0.29) is 12.1 Å². The van der Waals surface area contributed by atoms with Gasteiger partial charge in [0.15, 0.2) is 0 Å². The van der Waals surface area contributed by atoms with Crippen LogP contribution in [-0.4, -0.2) is 17.4 Å². The minimum absolute atomic E-state index is 0.0210. The number of alkyl halides is 1. The Morgan fingerprint density at radius 3 is 1.90 bits per heavy atom. The summed E-state index contributed by atoms with van der Waals surface area (Å²) in [5.41, 5.74) is 0. The maximum absolute atomic E-state index is 11.9. The Kier molecular flexibility index (Phi) is 16.3. The number of unbranched alkanes of at least 4 members (excludes halogenated alkanes) is 7. The van der Waals surface area contributed by atoms with Crippen molar-refractivity contribution in [1.29, 1.82) is 0 Å². The van der Waals surface area contributed by atoms with E-state index in [0.29, 0.717) is 6.42 Å². The molecule has 0 bridgehead atoms. The van der Waals surface area contributed by atoms with Crippen LogP contribution in [0.3, 0.4) is 0 Å². The Hall–Kier alpha value is -0.0500. The number of halogens is 1. The molecule has 0 aliphatic rings. The molecule has 0 saturated heterocycles. The van der Waals surface area contributed by atoms with Gasteiger partial charge in [-0.1, -0.05) is 81.1 Å². The lowest BCUT2D eigenvalue weighted by molar-refractivity contribution is -0.150. The molecular formula is C18H35BrO2. The fourth-order valence-corrected chi connectivity index (χ4v) is 2.84. The molecule has 0 saturated carbocycles. The van der Waals surface area contributed by atoms with Gasteiger partial charge < -0.3 is 4.74 Å². The summed E-state index contributed by atoms with van der Waals surface area (Å²) in [6.45, 7) is 4.38. The molecule has 0 atom stereocenters. The van der Waals surface area contributed by atoms with Gasteiger partial charge in [-0.15, -0.1) is 0 Å². The third-order valence-electron chi connectivity index (χ3n) is 3.82. The largest absolute Gasteiger partial charge is 0.462 e. The van der Waals surface area contributed by atoms with Crippen molar-refractivity contribution in [3.8, 4) is 0 Å². The summed E-state index contributed by atoms with van der Waals surface area (Å²) in [4.78, 5) is 11.9. The molecular weight excluding hydrogens is 328 g/mol. The quantitative estimate of drug-likeness (QED) is 0.191. The van der Waals surface area contributed by atoms with Crippen molar-refractivity contribution in [2.45, 2.75) is 103 Å². The first-order chi connectivity index (χ1) is 10.2. The van der Waals surface area contributed by atoms with E-state index in [1.165, 1.54) is 38.5 Å². The standard InChI is InChI=1S/C18H35BrO2/c1-3-5-13-17(14-6-4-2)21-18(20)15-11-9-7-8-10-12-16-19/h17H,3-16H2,1-2H3. The molecule has 21 heavy (non-hydrogen) atoms. The van der Waals surface area contributed by atoms with Gasteiger partial charge in [0.2, 0.25) is 0 Å². The van der Waals surface area contributed by atoms with Crippen LogP contribution >= 0.6 is 15.9 Å². The summed E-state index contributed by atoms with van der Waals surface area (Å²) in [6.07, 6.45) is 14.8. The molecule has 0 aliphatic carbocycles. The van der Waals surface area contributed by atoms with Crippen LogP contribution in [0, 0.1) is 0 Å². The first-order valence-corrected chi connectivity index (χ1v) is 10.1. The predicted octanol–water partition coefficient (Wildman–Crippen LogP) is 6.40. The van der Waals surface area contributed by atoms with Crippen molar-refractivity contribution in [3.05, 3.63) is 0 Å². The highest BCUT2D eigenvalue weighted by molar-refractivity contribution is 9.09. The third kappa shape index (κ3) is 14.6. The van der Waals surface area contributed by atoms with Crippen LogP contribution in [0.15, 0.2) is 0 Å². The molecule has 0 aliphatic heterocycles. The minimum Gasteiger partial charge on any atom is -0.462 e. The van der Waals surface area contributed by atoms with E-state index in [2.05, 4.69) is 29.8 Å². The minimum atomic E-state index is 0.0210. The van der Waals surface area contributed by atoms with E-state index < -0.39 is 0 Å². The molecule has 0 spiro atoms. The topological polar surface area (TPSA) is 26.3 Å². The fraction of sp³-hybridized carbons (Fsp3) is 0.944. The summed E-state index contributed by atoms with van der Waals surface area (Å²) < 4.78 is 5.65. The number of carbonyl (C=O) groups is 1. The molecule has 126 valence electrons. The van der Waals surface area contributed by atoms with E-state index >= 15 is 0 Å². The van der Waals surface area contributed by atoms with Gasteiger partial charge in [0.25, 0.3) is 0 Å². The lowest BCUT2D eigenvalue weighted by Gasteiger charge is -2.17. The van der Waals surface area contributed by atoms with Gasteiger partial charge in [0, 0.05) is 11.8 Å². The fourth-order valence-electron chi connectivity index (χ4n) is 2.44. The first-order valence-electron chi connectivity index (χ1n) is 9.00. The Labute approximate surface area is 140 Å². The zero-order valence-corrected chi connectivity index (χ0v) is 15.8. The molecule has 2 nitrogen and oxygen atoms in total. The van der Waals surface area contributed by atoms with Crippen LogP contribution in [-0.2, 0) is 9.53 Å². The maximum atomic E-state index is 11.9. The number of carbonyl (C=O) groups excluding carboxylic acids is 1. The second-order valence-corrected chi connectivity index (χ2v) is 6.75. The molecule has 0 amide bonds. The van der Waals surface area contributed by atoms with Crippen molar-refractivity contribution in [1.82, 2.24) is 0 Å². The van der Waals surface area contributed by atoms with Crippen LogP contribution in [0.4, 0.5) is 0 Å². The number of hydrogen-bond acceptors (Lipinski definition) is 2. The Morgan fingerprint density at radius 1 is 0.857 bits per heavy atom. The van der Waals surface area contributed by atoms with E-state index in [0.717, 1.165) is 43.9 Å². The van der Waals surface area contributed by atoms with Crippen molar-refractivity contribution in [2.75, 3.05) is 5.33 Å². The van der Waals surface area contributed by atoms with Gasteiger partial charge in [-0.05, 0) is 25.7 Å². The van der Waals surface area contributed by atoms with Gasteiger partial charge in [0.05, 0.1) is 0 Å². The highest BCUT2D eigenvalue weighted by Gasteiger charge is 2.13. The van der Waals surface area contributed by atoms with E-state index in [1.807, 2.05) is 0 Å². The van der Waals surface area contributed by atoms with Gasteiger partial charge in [-0.3, -0.25) is 4.79 Å². The number of hydrogen-bond donors (Lipinski definition) is 0. The first kappa shape index (κ1) is 20.9. The van der Waals surface area contributed by atoms with Crippen LogP contribution in [0.25, 0.3) is 0 Å². The SMILES string of the molecule is CCCCC(CCCC)OC(=O)CCCCCCCCBr. The Balaban J connectivity index is 3.66. The van der Waals surface area contributed by atoms with Gasteiger partial charge in [-0.25, -0.2) is 0 Å². The van der Waals surface area contributed by atoms with Gasteiger partial charge in [0.1, 0.15) is 6.10 Å². The summed E-state index contributed by atoms with van der Waals surface area (Å²) in [5, 5.41) is 1.11. The monoisotopic (exact) mass is 362 g/mol. The number of rotatable bonds is 15. The van der Waals surface area contributed by atoms with Crippen LogP contribution < -0.4 is 0 Å². The normalized spacial score (nSPS) is 11.0. The number of esters is 1. The second-order valence-electron chi connectivity index (χ2n) is 5.96. The van der Waals surface area contributed by atoms with E-state index in [4.69, 9.17) is 4.74 Å². The van der Waals surface area contributed by atoms with Gasteiger partial charge in [-0.2, -0.15) is 0 Å². The molecule has 0 heterocycles. The summed E-state index contributed by atoms with van der Waals surface area (Å²) in [7, 11) is 0. The zero-order valence-electron chi connectivity index (χ0n) is 14.2. The Morgan fingerprint density at radius 2 is 1.38 bits per heavy atom. The lowest BCUT2D eigenvalue weighted by atomic mass is 10.1. The second kappa shape index (κ2) is 16.3. The smallest absolute Gasteiger partial charge is 0.306 e. The maximum Gasteiger partial charge on any atom is 0.306 e. The van der Waals surface area contributed by atoms with Crippen molar-refractivity contribution < 1.29 is 9.53 Å². The molecule has 0 N–H and O–H groups in total. The highest BCUT2D eigenvalue weighted by Crippen LogP contribution is 2.15. The molecule has 0 aromatic heterocycles. The van der Waals surface area contributed by atoms with Crippen LogP contribution in [0.2, 0.25) is 0 Å². The molecule has 3 heteroatoms. The molecule has 0 aromatic rings. The highest BCUT2D eigenvalue weighted by atomic mass is 79.9. The average Bonchev–Trinajstić information content (AvgIpc) is 2.49. The van der Waals surface area contributed by atoms with Crippen LogP contribution in [0.1, 0.15) is 97.3 Å². The van der Waals surface area contributed by atoms with Crippen molar-refractivity contribution in [3.63, 3.8) is 0 Å². The van der Waals surface area contributed by atoms with Crippen molar-refractivity contribution >= 4 is 21.9 Å². The van der Waals surface area contributed by atoms with Crippen molar-refractivity contribution in [2.24, 2.45) is 0 Å².